The maximum Gasteiger partial charge on any atom is 0.326 e. The summed E-state index contributed by atoms with van der Waals surface area (Å²) in [6, 6.07) is -0.628. The predicted octanol–water partition coefficient (Wildman–Crippen LogP) is 1.74. The molecule has 0 aliphatic carbocycles. The zero-order valence-electron chi connectivity index (χ0n) is 10.5. The maximum atomic E-state index is 12.1. The van der Waals surface area contributed by atoms with Gasteiger partial charge in [0.15, 0.2) is 0 Å². The number of nitrogens with zero attached hydrogens (tertiary/aromatic N) is 1. The van der Waals surface area contributed by atoms with E-state index in [1.54, 1.807) is 0 Å². The molecule has 92 valence electrons. The Labute approximate surface area is 96.6 Å². The predicted molar refractivity (Wildman–Crippen MR) is 61.0 cm³/mol. The molecule has 0 bridgehead atoms. The lowest BCUT2D eigenvalue weighted by Gasteiger charge is -2.30. The number of carboxylic acids is 1. The van der Waals surface area contributed by atoms with Crippen molar-refractivity contribution < 1.29 is 14.7 Å². The van der Waals surface area contributed by atoms with E-state index in [9.17, 15) is 14.7 Å². The Balaban J connectivity index is 2.89. The Kier molecular flexibility index (Phi) is 3.61. The molecule has 1 aliphatic rings. The Hall–Kier alpha value is -1.06. The number of hydrogen-bond donors (Lipinski definition) is 1. The minimum absolute atomic E-state index is 0.0594. The summed E-state index contributed by atoms with van der Waals surface area (Å²) in [5.41, 5.74) is -0.504. The second-order valence-corrected chi connectivity index (χ2v) is 5.49. The first-order valence-corrected chi connectivity index (χ1v) is 5.83. The highest BCUT2D eigenvalue weighted by molar-refractivity contribution is 5.87. The van der Waals surface area contributed by atoms with Gasteiger partial charge in [0.1, 0.15) is 6.04 Å². The van der Waals surface area contributed by atoms with E-state index >= 15 is 0 Å². The number of hydrogen-bond acceptors (Lipinski definition) is 2. The lowest BCUT2D eigenvalue weighted by atomic mass is 9.93. The number of rotatable bonds is 2. The van der Waals surface area contributed by atoms with Gasteiger partial charge in [0.25, 0.3) is 0 Å². The topological polar surface area (TPSA) is 57.6 Å². The van der Waals surface area contributed by atoms with Crippen molar-refractivity contribution in [1.29, 1.82) is 0 Å². The van der Waals surface area contributed by atoms with E-state index in [1.165, 1.54) is 4.90 Å². The third-order valence-electron chi connectivity index (χ3n) is 3.20. The van der Waals surface area contributed by atoms with Crippen LogP contribution in [0.5, 0.6) is 0 Å². The molecule has 0 saturated carbocycles. The van der Waals surface area contributed by atoms with Gasteiger partial charge in [0.05, 0.1) is 0 Å². The molecule has 0 aromatic heterocycles. The number of carbonyl (C=O) groups is 2. The number of carboxylic acid groups (broad SMARTS) is 1. The quantitative estimate of drug-likeness (QED) is 0.781. The van der Waals surface area contributed by atoms with Gasteiger partial charge in [-0.05, 0) is 12.3 Å². The fourth-order valence-electron chi connectivity index (χ4n) is 2.28. The molecule has 0 unspecified atom stereocenters. The van der Waals surface area contributed by atoms with E-state index in [-0.39, 0.29) is 11.8 Å². The minimum atomic E-state index is -0.873. The lowest BCUT2D eigenvalue weighted by Crippen LogP contribution is -2.47. The molecule has 1 saturated heterocycles. The molecule has 1 heterocycles. The van der Waals surface area contributed by atoms with E-state index in [0.717, 1.165) is 12.8 Å². The van der Waals surface area contributed by atoms with Crippen LogP contribution in [0.15, 0.2) is 0 Å². The van der Waals surface area contributed by atoms with Crippen LogP contribution in [0.2, 0.25) is 0 Å². The third kappa shape index (κ3) is 2.36. The highest BCUT2D eigenvalue weighted by atomic mass is 16.4. The van der Waals surface area contributed by atoms with Crippen molar-refractivity contribution in [2.24, 2.45) is 11.3 Å². The summed E-state index contributed by atoms with van der Waals surface area (Å²) in [6.45, 7) is 8.03. The first kappa shape index (κ1) is 13.0. The summed E-state index contributed by atoms with van der Waals surface area (Å²) < 4.78 is 0. The summed E-state index contributed by atoms with van der Waals surface area (Å²) in [6.07, 6.45) is 1.61. The second-order valence-electron chi connectivity index (χ2n) is 5.49. The van der Waals surface area contributed by atoms with Crippen LogP contribution in [0.1, 0.15) is 40.5 Å². The van der Waals surface area contributed by atoms with Crippen LogP contribution in [0, 0.1) is 11.3 Å². The zero-order chi connectivity index (χ0) is 12.5. The van der Waals surface area contributed by atoms with Crippen molar-refractivity contribution in [3.8, 4) is 0 Å². The average molecular weight is 227 g/mol. The fraction of sp³-hybridized carbons (Fsp3) is 0.833. The highest BCUT2D eigenvalue weighted by Crippen LogP contribution is 2.31. The van der Waals surface area contributed by atoms with Gasteiger partial charge in [-0.25, -0.2) is 4.79 Å². The van der Waals surface area contributed by atoms with Gasteiger partial charge in [0.2, 0.25) is 5.91 Å². The van der Waals surface area contributed by atoms with E-state index < -0.39 is 17.4 Å². The van der Waals surface area contributed by atoms with Crippen LogP contribution in [0.4, 0.5) is 0 Å². The SMILES string of the molecule is CC[C@@H]1CCN(C(=O)C(C)(C)C)[C@H]1C(=O)O. The first-order valence-electron chi connectivity index (χ1n) is 5.83. The molecule has 0 radical (unpaired) electrons. The molecule has 1 aliphatic heterocycles. The van der Waals surface area contributed by atoms with Crippen LogP contribution in [-0.2, 0) is 9.59 Å². The molecule has 1 N–H and O–H groups in total. The van der Waals surface area contributed by atoms with Crippen LogP contribution < -0.4 is 0 Å². The minimum Gasteiger partial charge on any atom is -0.480 e. The van der Waals surface area contributed by atoms with Crippen molar-refractivity contribution in [3.05, 3.63) is 0 Å². The molecular formula is C12H21NO3. The standard InChI is InChI=1S/C12H21NO3/c1-5-8-6-7-13(9(8)10(14)15)11(16)12(2,3)4/h8-9H,5-7H2,1-4H3,(H,14,15)/t8-,9-/m1/s1. The smallest absolute Gasteiger partial charge is 0.326 e. The Morgan fingerprint density at radius 3 is 2.31 bits per heavy atom. The molecule has 1 fully saturated rings. The van der Waals surface area contributed by atoms with Crippen molar-refractivity contribution in [3.63, 3.8) is 0 Å². The number of likely N-dealkylation sites (tertiary alicyclic amines) is 1. The van der Waals surface area contributed by atoms with Crippen molar-refractivity contribution in [2.75, 3.05) is 6.54 Å². The molecule has 4 heteroatoms. The molecular weight excluding hydrogens is 206 g/mol. The third-order valence-corrected chi connectivity index (χ3v) is 3.20. The highest BCUT2D eigenvalue weighted by Gasteiger charge is 2.43. The van der Waals surface area contributed by atoms with Gasteiger partial charge in [0, 0.05) is 12.0 Å². The Morgan fingerprint density at radius 2 is 1.94 bits per heavy atom. The molecule has 0 spiro atoms. The first-order chi connectivity index (χ1) is 7.29. The summed E-state index contributed by atoms with van der Waals surface area (Å²) in [5.74, 6) is -0.832. The largest absolute Gasteiger partial charge is 0.480 e. The van der Waals surface area contributed by atoms with Crippen molar-refractivity contribution >= 4 is 11.9 Å². The van der Waals surface area contributed by atoms with Gasteiger partial charge in [-0.1, -0.05) is 34.1 Å². The van der Waals surface area contributed by atoms with E-state index in [2.05, 4.69) is 0 Å². The van der Waals surface area contributed by atoms with Crippen LogP contribution in [0.3, 0.4) is 0 Å². The fourth-order valence-corrected chi connectivity index (χ4v) is 2.28. The maximum absolute atomic E-state index is 12.1. The Bertz CT molecular complexity index is 293. The van der Waals surface area contributed by atoms with Gasteiger partial charge in [-0.15, -0.1) is 0 Å². The summed E-state index contributed by atoms with van der Waals surface area (Å²) in [7, 11) is 0. The van der Waals surface area contributed by atoms with Crippen molar-refractivity contribution in [2.45, 2.75) is 46.6 Å². The van der Waals surface area contributed by atoms with Gasteiger partial charge < -0.3 is 10.0 Å². The summed E-state index contributed by atoms with van der Waals surface area (Å²) in [5, 5.41) is 9.21. The molecule has 4 nitrogen and oxygen atoms in total. The Morgan fingerprint density at radius 1 is 1.38 bits per heavy atom. The van der Waals surface area contributed by atoms with Crippen LogP contribution in [-0.4, -0.2) is 34.5 Å². The number of carbonyl (C=O) groups excluding carboxylic acids is 1. The van der Waals surface area contributed by atoms with E-state index in [0.29, 0.717) is 6.54 Å². The molecule has 1 amide bonds. The monoisotopic (exact) mass is 227 g/mol. The number of aliphatic carboxylic acids is 1. The molecule has 16 heavy (non-hydrogen) atoms. The van der Waals surface area contributed by atoms with Gasteiger partial charge >= 0.3 is 5.97 Å². The summed E-state index contributed by atoms with van der Waals surface area (Å²) in [4.78, 5) is 24.9. The zero-order valence-corrected chi connectivity index (χ0v) is 10.5. The van der Waals surface area contributed by atoms with Gasteiger partial charge in [-0.2, -0.15) is 0 Å². The molecule has 2 atom stereocenters. The lowest BCUT2D eigenvalue weighted by molar-refractivity contribution is -0.153. The van der Waals surface area contributed by atoms with Gasteiger partial charge in [-0.3, -0.25) is 4.79 Å². The van der Waals surface area contributed by atoms with Crippen molar-refractivity contribution in [1.82, 2.24) is 4.90 Å². The van der Waals surface area contributed by atoms with Crippen LogP contribution >= 0.6 is 0 Å². The van der Waals surface area contributed by atoms with E-state index in [4.69, 9.17) is 0 Å². The normalized spacial score (nSPS) is 25.9. The van der Waals surface area contributed by atoms with Crippen LogP contribution in [0.25, 0.3) is 0 Å². The van der Waals surface area contributed by atoms with E-state index in [1.807, 2.05) is 27.7 Å². The second kappa shape index (κ2) is 4.44. The summed E-state index contributed by atoms with van der Waals surface area (Å²) >= 11 is 0. The average Bonchev–Trinajstić information content (AvgIpc) is 2.57. The molecule has 0 aromatic carbocycles. The number of amides is 1. The molecule has 1 rings (SSSR count). The molecule has 0 aromatic rings.